The van der Waals surface area contributed by atoms with Crippen LogP contribution in [0.3, 0.4) is 0 Å². The molecule has 12 nitrogen and oxygen atoms in total. The fraction of sp³-hybridized carbons (Fsp3) is 0.519. The number of carbonyl (C=O) groups is 2. The van der Waals surface area contributed by atoms with Gasteiger partial charge in [-0.25, -0.2) is 19.4 Å². The highest BCUT2D eigenvalue weighted by Crippen LogP contribution is 2.54. The summed E-state index contributed by atoms with van der Waals surface area (Å²) in [5.41, 5.74) is 11.6. The second kappa shape index (κ2) is 19.2. The number of ether oxygens (including phenoxy) is 5. The van der Waals surface area contributed by atoms with Crippen LogP contribution in [0.25, 0.3) is 0 Å². The molecule has 4 aliphatic rings. The van der Waals surface area contributed by atoms with Crippen molar-refractivity contribution < 1.29 is 38.4 Å². The Kier molecular flexibility index (Phi) is 14.2. The number of anilines is 6. The van der Waals surface area contributed by atoms with Crippen LogP contribution in [0.2, 0.25) is 0 Å². The summed E-state index contributed by atoms with van der Waals surface area (Å²) in [6, 6.07) is 23.0. The van der Waals surface area contributed by atoms with Gasteiger partial charge in [0.05, 0.1) is 62.4 Å². The van der Waals surface area contributed by atoms with Gasteiger partial charge >= 0.3 is 12.2 Å². The lowest BCUT2D eigenvalue weighted by atomic mass is 9.66. The van der Waals surface area contributed by atoms with E-state index in [4.69, 9.17) is 23.7 Å². The van der Waals surface area contributed by atoms with E-state index in [0.717, 1.165) is 93.7 Å². The fourth-order valence-electron chi connectivity index (χ4n) is 9.98. The number of morpholine rings is 2. The van der Waals surface area contributed by atoms with Crippen LogP contribution < -0.4 is 19.6 Å². The van der Waals surface area contributed by atoms with Crippen molar-refractivity contribution in [3.63, 3.8) is 0 Å². The molecule has 4 aromatic rings. The summed E-state index contributed by atoms with van der Waals surface area (Å²) >= 11 is 0. The monoisotopic (exact) mass is 905 g/mol. The summed E-state index contributed by atoms with van der Waals surface area (Å²) in [6.07, 6.45) is -1.33. The quantitative estimate of drug-likeness (QED) is 0.183. The molecule has 2 saturated heterocycles. The number of hydrogen-bond donors (Lipinski definition) is 1. The summed E-state index contributed by atoms with van der Waals surface area (Å²) in [6.45, 7) is 33.6. The molecule has 12 heteroatoms. The van der Waals surface area contributed by atoms with E-state index in [-0.39, 0.29) is 22.3 Å². The van der Waals surface area contributed by atoms with Crippen LogP contribution in [0.4, 0.5) is 43.7 Å². The Hall–Kier alpha value is -5.14. The third-order valence-electron chi connectivity index (χ3n) is 13.1. The molecule has 356 valence electrons. The van der Waals surface area contributed by atoms with Crippen LogP contribution in [0.15, 0.2) is 66.7 Å². The molecule has 4 aliphatic heterocycles. The highest BCUT2D eigenvalue weighted by Gasteiger charge is 2.44. The number of hydrogen-bond acceptors (Lipinski definition) is 9. The maximum atomic E-state index is 13.5. The minimum Gasteiger partial charge on any atom is -0.464 e. The summed E-state index contributed by atoms with van der Waals surface area (Å²) in [5, 5.41) is 10.4. The van der Waals surface area contributed by atoms with Crippen molar-refractivity contribution in [2.75, 3.05) is 85.4 Å². The number of rotatable bonds is 8. The van der Waals surface area contributed by atoms with Crippen LogP contribution in [-0.2, 0) is 53.1 Å². The molecular formula is C54H72N4O8. The minimum atomic E-state index is -0.968. The molecule has 0 aliphatic carbocycles. The molecule has 0 bridgehead atoms. The van der Waals surface area contributed by atoms with Gasteiger partial charge in [-0.15, -0.1) is 0 Å². The Labute approximate surface area is 392 Å². The zero-order valence-electron chi connectivity index (χ0n) is 41.4. The average molecular weight is 905 g/mol. The summed E-state index contributed by atoms with van der Waals surface area (Å²) in [7, 11) is 0. The van der Waals surface area contributed by atoms with Crippen molar-refractivity contribution in [2.45, 2.75) is 118 Å². The molecule has 66 heavy (non-hydrogen) atoms. The predicted molar refractivity (Wildman–Crippen MR) is 264 cm³/mol. The first-order valence-corrected chi connectivity index (χ1v) is 23.6. The Morgan fingerprint density at radius 1 is 0.621 bits per heavy atom. The van der Waals surface area contributed by atoms with Crippen molar-refractivity contribution in [1.82, 2.24) is 0 Å². The summed E-state index contributed by atoms with van der Waals surface area (Å²) < 4.78 is 28.3. The van der Waals surface area contributed by atoms with Gasteiger partial charge in [-0.3, -0.25) is 0 Å². The Morgan fingerprint density at radius 2 is 1.14 bits per heavy atom. The maximum absolute atomic E-state index is 13.5. The van der Waals surface area contributed by atoms with Gasteiger partial charge in [-0.2, -0.15) is 0 Å². The van der Waals surface area contributed by atoms with Gasteiger partial charge in [0.25, 0.3) is 0 Å². The van der Waals surface area contributed by atoms with Crippen LogP contribution >= 0.6 is 0 Å². The zero-order chi connectivity index (χ0) is 47.8. The lowest BCUT2D eigenvalue weighted by Gasteiger charge is -2.44. The van der Waals surface area contributed by atoms with Crippen molar-refractivity contribution in [3.05, 3.63) is 106 Å². The molecule has 4 heterocycles. The van der Waals surface area contributed by atoms with Crippen molar-refractivity contribution in [3.8, 4) is 0 Å². The van der Waals surface area contributed by atoms with E-state index in [1.165, 1.54) is 10.5 Å². The summed E-state index contributed by atoms with van der Waals surface area (Å²) in [4.78, 5) is 34.0. The standard InChI is InChI=1S/2C27H36N2O4/c1-7-31-18-19-8-11-23-22(16-19)27(5,6)21-10-9-20(28-12-14-32-15-13-28)17-24(21)29(23)25(30)33-26(2,3)4;1-7-32-17-18-8-11-21-24(23(18)26(2,3)4)27(5,6)20-10-9-19(28-12-14-33-15-13-28)16-22(20)29(21)25(30)31/h8-11,16-17H,7,12-15,18H2,1-6H3;8-11,16H,7,12-15,17H2,1-6H3,(H,30,31). The van der Waals surface area contributed by atoms with Crippen molar-refractivity contribution in [1.29, 1.82) is 0 Å². The van der Waals surface area contributed by atoms with E-state index in [1.54, 1.807) is 4.90 Å². The zero-order valence-corrected chi connectivity index (χ0v) is 41.4. The molecule has 0 atom stereocenters. The molecule has 2 fully saturated rings. The Balaban J connectivity index is 0.000000196. The van der Waals surface area contributed by atoms with Gasteiger partial charge in [0.1, 0.15) is 5.60 Å². The number of fused-ring (bicyclic) bond motifs is 4. The number of nitrogens with zero attached hydrogens (tertiary/aromatic N) is 4. The van der Waals surface area contributed by atoms with Crippen molar-refractivity contribution in [2.24, 2.45) is 0 Å². The molecule has 2 amide bonds. The third-order valence-corrected chi connectivity index (χ3v) is 13.1. The van der Waals surface area contributed by atoms with Gasteiger partial charge in [0.15, 0.2) is 0 Å². The SMILES string of the molecule is CCOCc1ccc2c(c1)C(C)(C)c1ccc(N3CCOCC3)cc1N2C(=O)OC(C)(C)C.CCOCc1ccc2c(c1C(C)(C)C)C(C)(C)c1ccc(N3CCOCC3)cc1N2C(=O)O. The number of carbonyl (C=O) groups excluding carboxylic acids is 1. The molecule has 0 spiro atoms. The van der Waals surface area contributed by atoms with E-state index in [1.807, 2.05) is 65.0 Å². The van der Waals surface area contributed by atoms with Gasteiger partial charge in [0.2, 0.25) is 0 Å². The number of carboxylic acid groups (broad SMARTS) is 1. The minimum absolute atomic E-state index is 0.176. The molecule has 0 saturated carbocycles. The van der Waals surface area contributed by atoms with Gasteiger partial charge in [0, 0.05) is 61.6 Å². The number of amides is 2. The Bertz CT molecular complexity index is 2400. The molecule has 8 rings (SSSR count). The molecule has 1 N–H and O–H groups in total. The third kappa shape index (κ3) is 9.79. The fourth-order valence-corrected chi connectivity index (χ4v) is 9.98. The first kappa shape index (κ1) is 48.8. The lowest BCUT2D eigenvalue weighted by Crippen LogP contribution is -2.40. The maximum Gasteiger partial charge on any atom is 0.419 e. The topological polar surface area (TPSA) is 113 Å². The first-order chi connectivity index (χ1) is 31.2. The molecular weight excluding hydrogens is 833 g/mol. The van der Waals surface area contributed by atoms with E-state index >= 15 is 0 Å². The highest BCUT2D eigenvalue weighted by molar-refractivity contribution is 6.02. The van der Waals surface area contributed by atoms with Crippen LogP contribution in [-0.4, -0.2) is 88.7 Å². The van der Waals surface area contributed by atoms with E-state index < -0.39 is 11.7 Å². The van der Waals surface area contributed by atoms with Crippen molar-refractivity contribution >= 4 is 46.3 Å². The first-order valence-electron chi connectivity index (χ1n) is 23.6. The summed E-state index contributed by atoms with van der Waals surface area (Å²) in [5.74, 6) is 0. The second-order valence-corrected chi connectivity index (χ2v) is 20.7. The average Bonchev–Trinajstić information content (AvgIpc) is 3.27. The van der Waals surface area contributed by atoms with E-state index in [0.29, 0.717) is 52.9 Å². The van der Waals surface area contributed by atoms with Gasteiger partial charge in [-0.1, -0.05) is 78.8 Å². The lowest BCUT2D eigenvalue weighted by molar-refractivity contribution is 0.0597. The van der Waals surface area contributed by atoms with Crippen LogP contribution in [0.1, 0.15) is 122 Å². The molecule has 4 aromatic carbocycles. The normalized spacial score (nSPS) is 17.5. The van der Waals surface area contributed by atoms with Crippen LogP contribution in [0, 0.1) is 0 Å². The highest BCUT2D eigenvalue weighted by atomic mass is 16.6. The smallest absolute Gasteiger partial charge is 0.419 e. The molecule has 0 aromatic heterocycles. The number of benzene rings is 4. The van der Waals surface area contributed by atoms with E-state index in [2.05, 4.69) is 94.7 Å². The van der Waals surface area contributed by atoms with Gasteiger partial charge < -0.3 is 38.6 Å². The molecule has 0 radical (unpaired) electrons. The Morgan fingerprint density at radius 3 is 1.65 bits per heavy atom. The molecule has 0 unspecified atom stereocenters. The van der Waals surface area contributed by atoms with Gasteiger partial charge in [-0.05, 0) is 115 Å². The second-order valence-electron chi connectivity index (χ2n) is 20.7. The largest absolute Gasteiger partial charge is 0.464 e. The van der Waals surface area contributed by atoms with E-state index in [9.17, 15) is 14.7 Å². The predicted octanol–water partition coefficient (Wildman–Crippen LogP) is 11.6. The van der Waals surface area contributed by atoms with Crippen LogP contribution in [0.5, 0.6) is 0 Å².